The van der Waals surface area contributed by atoms with E-state index in [9.17, 15) is 4.79 Å². The summed E-state index contributed by atoms with van der Waals surface area (Å²) >= 11 is 0. The summed E-state index contributed by atoms with van der Waals surface area (Å²) in [5.74, 6) is -0.615. The summed E-state index contributed by atoms with van der Waals surface area (Å²) in [6.07, 6.45) is 0.739. The highest BCUT2D eigenvalue weighted by atomic mass is 29.6. The maximum Gasteiger partial charge on any atom is 0.333 e. The minimum Gasteiger partial charge on any atom is -0.470 e. The van der Waals surface area contributed by atoms with Crippen molar-refractivity contribution in [1.29, 1.82) is 0 Å². The van der Waals surface area contributed by atoms with Crippen LogP contribution in [0.15, 0.2) is 12.2 Å². The van der Waals surface area contributed by atoms with Crippen LogP contribution in [-0.2, 0) is 30.7 Å². The molecule has 2 atom stereocenters. The van der Waals surface area contributed by atoms with E-state index in [1.807, 2.05) is 0 Å². The zero-order valence-electron chi connectivity index (χ0n) is 27.5. The van der Waals surface area contributed by atoms with E-state index in [-0.39, 0.29) is 17.0 Å². The third-order valence-corrected chi connectivity index (χ3v) is 56.3. The molecule has 0 saturated carbocycles. The first kappa shape index (κ1) is 39.0. The summed E-state index contributed by atoms with van der Waals surface area (Å²) < 4.78 is 40.7. The van der Waals surface area contributed by atoms with Crippen molar-refractivity contribution in [3.63, 3.8) is 0 Å². The van der Waals surface area contributed by atoms with E-state index in [2.05, 4.69) is 98.2 Å². The quantitative estimate of drug-likeness (QED) is 0.0940. The Hall–Kier alpha value is 0.962. The van der Waals surface area contributed by atoms with Gasteiger partial charge >= 0.3 is 5.97 Å². The highest BCUT2D eigenvalue weighted by Crippen LogP contribution is 2.46. The van der Waals surface area contributed by atoms with Crippen molar-refractivity contribution < 1.29 is 30.7 Å². The third kappa shape index (κ3) is 12.5. The van der Waals surface area contributed by atoms with Crippen molar-refractivity contribution in [3.8, 4) is 0 Å². The standard InChI is InChI=1S/C22H60O7Si9/c1-19(2)21(23)24-18-17-20(36(13,14)28-31-3)38(32-27-30,37(15,16)29-35(10,11)12)22(25-33(4,5)6)26-34(7,8)9/h20,22H,1,17-18,31-32H2,2-16,30H3. The summed E-state index contributed by atoms with van der Waals surface area (Å²) in [6.45, 7) is 38.0. The average molecular weight is 689 g/mol. The van der Waals surface area contributed by atoms with E-state index in [0.29, 0.717) is 22.7 Å². The lowest BCUT2D eigenvalue weighted by Crippen LogP contribution is -2.81. The summed E-state index contributed by atoms with van der Waals surface area (Å²) in [4.78, 5) is 12.4. The van der Waals surface area contributed by atoms with E-state index in [4.69, 9.17) is 25.9 Å². The number of carbonyl (C=O) groups is 1. The van der Waals surface area contributed by atoms with Crippen molar-refractivity contribution in [2.75, 3.05) is 6.61 Å². The van der Waals surface area contributed by atoms with Crippen molar-refractivity contribution >= 4 is 83.7 Å². The first-order valence-electron chi connectivity index (χ1n) is 13.9. The van der Waals surface area contributed by atoms with Crippen molar-refractivity contribution in [3.05, 3.63) is 12.2 Å². The molecule has 16 heteroatoms. The number of carbonyl (C=O) groups excluding carboxylic acids is 1. The molecule has 0 aromatic rings. The fourth-order valence-electron chi connectivity index (χ4n) is 5.28. The average Bonchev–Trinajstić information content (AvgIpc) is 2.64. The molecule has 0 fully saturated rings. The second-order valence-electron chi connectivity index (χ2n) is 14.3. The maximum absolute atomic E-state index is 12.4. The predicted octanol–water partition coefficient (Wildman–Crippen LogP) is 3.79. The van der Waals surface area contributed by atoms with E-state index >= 15 is 0 Å². The van der Waals surface area contributed by atoms with Gasteiger partial charge in [-0.3, -0.25) is 0 Å². The molecule has 0 N–H and O–H groups in total. The molecule has 0 aliphatic rings. The van der Waals surface area contributed by atoms with E-state index in [1.54, 1.807) is 6.92 Å². The van der Waals surface area contributed by atoms with Crippen LogP contribution in [0.5, 0.6) is 0 Å². The number of hydrogen-bond acceptors (Lipinski definition) is 7. The Labute approximate surface area is 248 Å². The van der Waals surface area contributed by atoms with Gasteiger partial charge in [-0.2, -0.15) is 0 Å². The van der Waals surface area contributed by atoms with Gasteiger partial charge in [0.05, 0.1) is 6.61 Å². The zero-order chi connectivity index (χ0) is 30.4. The molecule has 7 nitrogen and oxygen atoms in total. The highest BCUT2D eigenvalue weighted by molar-refractivity contribution is 7.61. The second kappa shape index (κ2) is 14.9. The third-order valence-electron chi connectivity index (χ3n) is 6.37. The molecule has 226 valence electrons. The summed E-state index contributed by atoms with van der Waals surface area (Å²) in [6, 6.07) is 0. The second-order valence-corrected chi connectivity index (χ2v) is 56.2. The van der Waals surface area contributed by atoms with Crippen LogP contribution >= 0.6 is 0 Å². The van der Waals surface area contributed by atoms with Crippen molar-refractivity contribution in [2.24, 2.45) is 0 Å². The lowest BCUT2D eigenvalue weighted by Gasteiger charge is -2.57. The Morgan fingerprint density at radius 1 is 0.868 bits per heavy atom. The highest BCUT2D eigenvalue weighted by Gasteiger charge is 2.67. The number of esters is 1. The van der Waals surface area contributed by atoms with Gasteiger partial charge in [-0.25, -0.2) is 4.79 Å². The minimum atomic E-state index is -2.61. The smallest absolute Gasteiger partial charge is 0.333 e. The molecule has 0 aliphatic carbocycles. The van der Waals surface area contributed by atoms with Crippen LogP contribution in [0.3, 0.4) is 0 Å². The van der Waals surface area contributed by atoms with Gasteiger partial charge in [-0.15, -0.1) is 0 Å². The SMILES string of the molecule is C=C(C)C(=O)OCCC([Si](C)(C)O[SiH2]C)[Si]([SiH2]O[SiH3])(C(O[Si](C)(C)C)O[Si](C)(C)C)[Si](C)(C)O[Si](C)(C)C. The van der Waals surface area contributed by atoms with E-state index in [0.717, 1.165) is 6.42 Å². The van der Waals surface area contributed by atoms with Gasteiger partial charge in [0.15, 0.2) is 48.2 Å². The molecule has 0 radical (unpaired) electrons. The fourth-order valence-corrected chi connectivity index (χ4v) is 72.2. The summed E-state index contributed by atoms with van der Waals surface area (Å²) in [5, 5.41) is 0.233. The van der Waals surface area contributed by atoms with Gasteiger partial charge in [0.25, 0.3) is 0 Å². The van der Waals surface area contributed by atoms with Gasteiger partial charge < -0.3 is 25.9 Å². The largest absolute Gasteiger partial charge is 0.470 e. The fraction of sp³-hybridized carbons (Fsp3) is 0.864. The lowest BCUT2D eigenvalue weighted by molar-refractivity contribution is -0.139. The van der Waals surface area contributed by atoms with Gasteiger partial charge in [0.1, 0.15) is 35.4 Å². The van der Waals surface area contributed by atoms with Crippen LogP contribution in [0.2, 0.25) is 96.8 Å². The molecule has 0 aromatic heterocycles. The normalized spacial score (nSPS) is 17.1. The molecule has 38 heavy (non-hydrogen) atoms. The molecule has 0 amide bonds. The molecule has 2 unspecified atom stereocenters. The Morgan fingerprint density at radius 2 is 1.34 bits per heavy atom. The molecule has 0 heterocycles. The number of ether oxygens (including phenoxy) is 1. The molecular formula is C22H60O7Si9. The first-order chi connectivity index (χ1) is 16.8. The van der Waals surface area contributed by atoms with Gasteiger partial charge in [-0.05, 0) is 104 Å². The van der Waals surface area contributed by atoms with E-state index < -0.39 is 67.3 Å². The maximum atomic E-state index is 12.4. The zero-order valence-corrected chi connectivity index (χ0v) is 38.4. The van der Waals surface area contributed by atoms with Gasteiger partial charge in [0, 0.05) is 5.57 Å². The van der Waals surface area contributed by atoms with Crippen LogP contribution in [0.4, 0.5) is 0 Å². The van der Waals surface area contributed by atoms with Crippen LogP contribution < -0.4 is 0 Å². The molecule has 0 aromatic carbocycles. The lowest BCUT2D eigenvalue weighted by atomic mass is 10.4. The van der Waals surface area contributed by atoms with Crippen molar-refractivity contribution in [1.82, 2.24) is 0 Å². The predicted molar refractivity (Wildman–Crippen MR) is 187 cm³/mol. The topological polar surface area (TPSA) is 72.5 Å². The molecular weight excluding hydrogens is 629 g/mol. The minimum absolute atomic E-state index is 0.233. The number of rotatable bonds is 18. The van der Waals surface area contributed by atoms with Gasteiger partial charge in [0.2, 0.25) is 0 Å². The molecule has 0 saturated heterocycles. The van der Waals surface area contributed by atoms with Crippen LogP contribution in [0.1, 0.15) is 13.3 Å². The summed E-state index contributed by atoms with van der Waals surface area (Å²) in [5.41, 5.74) is 0.426. The molecule has 0 rings (SSSR count). The van der Waals surface area contributed by atoms with Crippen LogP contribution in [0, 0.1) is 0 Å². The molecule has 0 aliphatic heterocycles. The Morgan fingerprint density at radius 3 is 1.68 bits per heavy atom. The Bertz CT molecular complexity index is 761. The molecule has 0 spiro atoms. The van der Waals surface area contributed by atoms with E-state index in [1.165, 1.54) is 0 Å². The van der Waals surface area contributed by atoms with Gasteiger partial charge in [-0.1, -0.05) is 13.1 Å². The monoisotopic (exact) mass is 688 g/mol. The number of hydrogen-bond donors (Lipinski definition) is 0. The molecule has 0 bridgehead atoms. The van der Waals surface area contributed by atoms with Crippen LogP contribution in [-0.4, -0.2) is 96.2 Å². The summed E-state index contributed by atoms with van der Waals surface area (Å²) in [7, 11) is -14.3. The Balaban J connectivity index is 7.49. The Kier molecular flexibility index (Phi) is 15.3. The first-order valence-corrected chi connectivity index (χ1v) is 38.9. The van der Waals surface area contributed by atoms with Crippen LogP contribution in [0.25, 0.3) is 0 Å². The van der Waals surface area contributed by atoms with Crippen molar-refractivity contribution in [2.45, 2.75) is 116 Å².